The maximum absolute atomic E-state index is 12.4. The number of amides is 1. The van der Waals surface area contributed by atoms with Crippen LogP contribution in [0.5, 0.6) is 0 Å². The molecule has 0 radical (unpaired) electrons. The van der Waals surface area contributed by atoms with Crippen molar-refractivity contribution >= 4 is 33.2 Å². The Morgan fingerprint density at radius 1 is 1.45 bits per heavy atom. The maximum Gasteiger partial charge on any atom is 0.240 e. The van der Waals surface area contributed by atoms with Crippen LogP contribution in [-0.4, -0.2) is 21.8 Å². The third-order valence-corrected chi connectivity index (χ3v) is 5.01. The molecule has 3 heterocycles. The Balaban J connectivity index is 1.65. The molecule has 20 heavy (non-hydrogen) atoms. The number of fused-ring (bicyclic) bond motifs is 1. The molecule has 1 aliphatic heterocycles. The number of thiophene rings is 1. The molecule has 1 atom stereocenters. The van der Waals surface area contributed by atoms with Gasteiger partial charge >= 0.3 is 0 Å². The lowest BCUT2D eigenvalue weighted by Crippen LogP contribution is -2.42. The molecule has 0 fully saturated rings. The molecular formula is C14H14BrN3OS. The molecule has 0 aromatic carbocycles. The number of hydrogen-bond acceptors (Lipinski definition) is 4. The van der Waals surface area contributed by atoms with E-state index < -0.39 is 6.04 Å². The van der Waals surface area contributed by atoms with Crippen molar-refractivity contribution in [2.24, 2.45) is 5.73 Å². The van der Waals surface area contributed by atoms with Gasteiger partial charge in [-0.1, -0.05) is 6.07 Å². The molecule has 4 nitrogen and oxygen atoms in total. The Hall–Kier alpha value is -1.24. The summed E-state index contributed by atoms with van der Waals surface area (Å²) in [6, 6.07) is 7.40. The summed E-state index contributed by atoms with van der Waals surface area (Å²) in [5.41, 5.74) is 8.15. The summed E-state index contributed by atoms with van der Waals surface area (Å²) in [4.78, 5) is 19.6. The monoisotopic (exact) mass is 351 g/mol. The van der Waals surface area contributed by atoms with E-state index in [1.807, 2.05) is 24.3 Å². The van der Waals surface area contributed by atoms with E-state index in [4.69, 9.17) is 5.73 Å². The zero-order valence-corrected chi connectivity index (χ0v) is 13.2. The Labute approximate surface area is 129 Å². The van der Waals surface area contributed by atoms with Gasteiger partial charge < -0.3 is 10.6 Å². The van der Waals surface area contributed by atoms with Crippen molar-refractivity contribution in [3.8, 4) is 0 Å². The second-order valence-electron chi connectivity index (χ2n) is 4.82. The molecule has 0 bridgehead atoms. The van der Waals surface area contributed by atoms with Crippen LogP contribution in [0.25, 0.3) is 0 Å². The fourth-order valence-electron chi connectivity index (χ4n) is 2.36. The fraction of sp³-hybridized carbons (Fsp3) is 0.286. The topological polar surface area (TPSA) is 59.2 Å². The molecule has 1 aliphatic rings. The molecule has 0 unspecified atom stereocenters. The molecule has 0 saturated carbocycles. The number of rotatable bonds is 3. The zero-order valence-electron chi connectivity index (χ0n) is 10.8. The van der Waals surface area contributed by atoms with Crippen LogP contribution in [0.15, 0.2) is 34.2 Å². The molecule has 2 N–H and O–H groups in total. The summed E-state index contributed by atoms with van der Waals surface area (Å²) >= 11 is 5.04. The average molecular weight is 352 g/mol. The van der Waals surface area contributed by atoms with Crippen LogP contribution in [0.4, 0.5) is 0 Å². The number of nitrogens with two attached hydrogens (primary N) is 1. The van der Waals surface area contributed by atoms with E-state index in [0.717, 1.165) is 19.9 Å². The van der Waals surface area contributed by atoms with E-state index in [0.29, 0.717) is 19.5 Å². The van der Waals surface area contributed by atoms with Crippen LogP contribution < -0.4 is 5.73 Å². The number of halogens is 1. The molecule has 3 rings (SSSR count). The lowest BCUT2D eigenvalue weighted by atomic mass is 10.1. The van der Waals surface area contributed by atoms with Gasteiger partial charge in [-0.15, -0.1) is 11.3 Å². The highest BCUT2D eigenvalue weighted by atomic mass is 79.9. The zero-order chi connectivity index (χ0) is 14.1. The average Bonchev–Trinajstić information content (AvgIpc) is 3.03. The molecule has 2 aromatic heterocycles. The Morgan fingerprint density at radius 3 is 3.00 bits per heavy atom. The lowest BCUT2D eigenvalue weighted by molar-refractivity contribution is -0.133. The van der Waals surface area contributed by atoms with Crippen molar-refractivity contribution in [1.29, 1.82) is 0 Å². The maximum atomic E-state index is 12.4. The second-order valence-corrected chi connectivity index (χ2v) is 7.37. The molecule has 0 saturated heterocycles. The first-order chi connectivity index (χ1) is 9.63. The SMILES string of the molecule is N[C@H](Cc1ccc(Br)s1)C(=O)N1Cc2cccnc2C1. The summed E-state index contributed by atoms with van der Waals surface area (Å²) in [7, 11) is 0. The van der Waals surface area contributed by atoms with Crippen LogP contribution in [0.1, 0.15) is 16.1 Å². The summed E-state index contributed by atoms with van der Waals surface area (Å²) in [6.45, 7) is 1.18. The van der Waals surface area contributed by atoms with Crippen LogP contribution >= 0.6 is 27.3 Å². The number of pyridine rings is 1. The molecule has 1 amide bonds. The first-order valence-electron chi connectivity index (χ1n) is 6.35. The van der Waals surface area contributed by atoms with Gasteiger partial charge in [0.05, 0.1) is 22.1 Å². The minimum atomic E-state index is -0.491. The van der Waals surface area contributed by atoms with Gasteiger partial charge in [0.25, 0.3) is 0 Å². The second kappa shape index (κ2) is 5.63. The first-order valence-corrected chi connectivity index (χ1v) is 7.96. The standard InChI is InChI=1S/C14H14BrN3OS/c15-13-4-3-10(20-13)6-11(16)14(19)18-7-9-2-1-5-17-12(9)8-18/h1-5,11H,6-8,16H2/t11-/m1/s1. The third kappa shape index (κ3) is 2.77. The minimum Gasteiger partial charge on any atom is -0.331 e. The minimum absolute atomic E-state index is 0.00692. The molecule has 0 aliphatic carbocycles. The van der Waals surface area contributed by atoms with Crippen LogP contribution in [0.2, 0.25) is 0 Å². The fourth-order valence-corrected chi connectivity index (χ4v) is 3.90. The van der Waals surface area contributed by atoms with Crippen LogP contribution in [0.3, 0.4) is 0 Å². The molecular weight excluding hydrogens is 338 g/mol. The van der Waals surface area contributed by atoms with Gasteiger partial charge in [0, 0.05) is 24.0 Å². The van der Waals surface area contributed by atoms with Crippen molar-refractivity contribution < 1.29 is 4.79 Å². The smallest absolute Gasteiger partial charge is 0.240 e. The first kappa shape index (κ1) is 13.7. The predicted molar refractivity (Wildman–Crippen MR) is 82.2 cm³/mol. The number of carbonyl (C=O) groups is 1. The summed E-state index contributed by atoms with van der Waals surface area (Å²) < 4.78 is 1.06. The van der Waals surface area contributed by atoms with Crippen LogP contribution in [-0.2, 0) is 24.3 Å². The van der Waals surface area contributed by atoms with Gasteiger partial charge in [-0.25, -0.2) is 0 Å². The normalized spacial score (nSPS) is 15.2. The highest BCUT2D eigenvalue weighted by molar-refractivity contribution is 9.11. The van der Waals surface area contributed by atoms with Crippen molar-refractivity contribution in [3.63, 3.8) is 0 Å². The number of aromatic nitrogens is 1. The van der Waals surface area contributed by atoms with Crippen molar-refractivity contribution in [1.82, 2.24) is 9.88 Å². The van der Waals surface area contributed by atoms with Gasteiger partial charge in [0.15, 0.2) is 0 Å². The van der Waals surface area contributed by atoms with Crippen molar-refractivity contribution in [2.75, 3.05) is 0 Å². The molecule has 104 valence electrons. The highest BCUT2D eigenvalue weighted by Gasteiger charge is 2.27. The van der Waals surface area contributed by atoms with E-state index in [1.165, 1.54) is 0 Å². The summed E-state index contributed by atoms with van der Waals surface area (Å²) in [5, 5.41) is 0. The quantitative estimate of drug-likeness (QED) is 0.922. The van der Waals surface area contributed by atoms with Crippen molar-refractivity contribution in [3.05, 3.63) is 50.4 Å². The van der Waals surface area contributed by atoms with Crippen molar-refractivity contribution in [2.45, 2.75) is 25.6 Å². The van der Waals surface area contributed by atoms with Gasteiger partial charge in [-0.3, -0.25) is 9.78 Å². The van der Waals surface area contributed by atoms with E-state index in [9.17, 15) is 4.79 Å². The Morgan fingerprint density at radius 2 is 2.30 bits per heavy atom. The largest absolute Gasteiger partial charge is 0.331 e. The highest BCUT2D eigenvalue weighted by Crippen LogP contribution is 2.24. The molecule has 2 aromatic rings. The Bertz CT molecular complexity index is 618. The summed E-state index contributed by atoms with van der Waals surface area (Å²) in [6.07, 6.45) is 2.34. The van der Waals surface area contributed by atoms with E-state index >= 15 is 0 Å². The number of nitrogens with zero attached hydrogens (tertiary/aromatic N) is 2. The molecule has 6 heteroatoms. The van der Waals surface area contributed by atoms with E-state index in [1.54, 1.807) is 22.4 Å². The van der Waals surface area contributed by atoms with Gasteiger partial charge in [0.1, 0.15) is 0 Å². The lowest BCUT2D eigenvalue weighted by Gasteiger charge is -2.19. The molecule has 0 spiro atoms. The predicted octanol–water partition coefficient (Wildman–Crippen LogP) is 2.32. The third-order valence-electron chi connectivity index (χ3n) is 3.37. The van der Waals surface area contributed by atoms with E-state index in [2.05, 4.69) is 20.9 Å². The number of carbonyl (C=O) groups excluding carboxylic acids is 1. The van der Waals surface area contributed by atoms with E-state index in [-0.39, 0.29) is 5.91 Å². The number of hydrogen-bond donors (Lipinski definition) is 1. The van der Waals surface area contributed by atoms with Gasteiger partial charge in [0.2, 0.25) is 5.91 Å². The van der Waals surface area contributed by atoms with Gasteiger partial charge in [-0.05, 0) is 39.7 Å². The van der Waals surface area contributed by atoms with Crippen LogP contribution in [0, 0.1) is 0 Å². The summed E-state index contributed by atoms with van der Waals surface area (Å²) in [5.74, 6) is -0.00692. The van der Waals surface area contributed by atoms with Gasteiger partial charge in [-0.2, -0.15) is 0 Å². The Kier molecular flexibility index (Phi) is 3.87.